The van der Waals surface area contributed by atoms with E-state index in [4.69, 9.17) is 11.6 Å². The van der Waals surface area contributed by atoms with Gasteiger partial charge < -0.3 is 5.32 Å². The van der Waals surface area contributed by atoms with Crippen LogP contribution in [0.4, 0.5) is 0 Å². The van der Waals surface area contributed by atoms with Gasteiger partial charge in [0.05, 0.1) is 0 Å². The van der Waals surface area contributed by atoms with E-state index in [1.807, 2.05) is 0 Å². The smallest absolute Gasteiger partial charge is 0.237 e. The van der Waals surface area contributed by atoms with Gasteiger partial charge >= 0.3 is 0 Å². The molecule has 3 atom stereocenters. The van der Waals surface area contributed by atoms with Crippen molar-refractivity contribution in [3.8, 4) is 0 Å². The Morgan fingerprint density at radius 2 is 2.08 bits per heavy atom. The Labute approximate surface area is 85.0 Å². The zero-order valence-electron chi connectivity index (χ0n) is 8.35. The van der Waals surface area contributed by atoms with Gasteiger partial charge in [0, 0.05) is 6.04 Å². The van der Waals surface area contributed by atoms with E-state index in [2.05, 4.69) is 12.2 Å². The SMILES string of the molecule is C[C@H](Cl)C(=O)N[C@@H]1CCCC[C@@H]1C. The Morgan fingerprint density at radius 3 is 2.62 bits per heavy atom. The van der Waals surface area contributed by atoms with Crippen molar-refractivity contribution in [3.05, 3.63) is 0 Å². The highest BCUT2D eigenvalue weighted by atomic mass is 35.5. The fourth-order valence-electron chi connectivity index (χ4n) is 1.83. The molecule has 76 valence electrons. The van der Waals surface area contributed by atoms with E-state index >= 15 is 0 Å². The number of carbonyl (C=O) groups is 1. The fourth-order valence-corrected chi connectivity index (χ4v) is 1.89. The van der Waals surface area contributed by atoms with E-state index in [1.54, 1.807) is 6.92 Å². The number of rotatable bonds is 2. The van der Waals surface area contributed by atoms with Crippen molar-refractivity contribution in [2.24, 2.45) is 5.92 Å². The second-order valence-corrected chi connectivity index (χ2v) is 4.65. The molecule has 0 bridgehead atoms. The van der Waals surface area contributed by atoms with E-state index in [0.29, 0.717) is 12.0 Å². The quantitative estimate of drug-likeness (QED) is 0.686. The Morgan fingerprint density at radius 1 is 1.46 bits per heavy atom. The summed E-state index contributed by atoms with van der Waals surface area (Å²) in [6, 6.07) is 0.349. The molecule has 0 unspecified atom stereocenters. The third-order valence-electron chi connectivity index (χ3n) is 2.80. The summed E-state index contributed by atoms with van der Waals surface area (Å²) >= 11 is 5.68. The first-order chi connectivity index (χ1) is 6.11. The van der Waals surface area contributed by atoms with Crippen molar-refractivity contribution in [1.29, 1.82) is 0 Å². The van der Waals surface area contributed by atoms with Crippen LogP contribution in [-0.2, 0) is 4.79 Å². The maximum absolute atomic E-state index is 11.3. The normalized spacial score (nSPS) is 31.0. The molecule has 0 aromatic heterocycles. The molecule has 1 amide bonds. The molecule has 1 saturated carbocycles. The summed E-state index contributed by atoms with van der Waals surface area (Å²) in [7, 11) is 0. The molecule has 0 heterocycles. The van der Waals surface area contributed by atoms with E-state index < -0.39 is 5.38 Å². The summed E-state index contributed by atoms with van der Waals surface area (Å²) in [5, 5.41) is 2.59. The van der Waals surface area contributed by atoms with Crippen molar-refractivity contribution >= 4 is 17.5 Å². The Balaban J connectivity index is 2.38. The minimum Gasteiger partial charge on any atom is -0.352 e. The fraction of sp³-hybridized carbons (Fsp3) is 0.900. The van der Waals surface area contributed by atoms with Crippen LogP contribution in [0.15, 0.2) is 0 Å². The zero-order chi connectivity index (χ0) is 9.84. The molecule has 0 spiro atoms. The third-order valence-corrected chi connectivity index (χ3v) is 3.00. The Hall–Kier alpha value is -0.240. The van der Waals surface area contributed by atoms with E-state index in [-0.39, 0.29) is 5.91 Å². The molecular weight excluding hydrogens is 186 g/mol. The Kier molecular flexibility index (Phi) is 4.04. The van der Waals surface area contributed by atoms with Crippen LogP contribution in [-0.4, -0.2) is 17.3 Å². The molecular formula is C10H18ClNO. The second-order valence-electron chi connectivity index (χ2n) is 3.99. The van der Waals surface area contributed by atoms with Crippen molar-refractivity contribution in [2.75, 3.05) is 0 Å². The van der Waals surface area contributed by atoms with Crippen LogP contribution in [0.3, 0.4) is 0 Å². The molecule has 0 aromatic carbocycles. The van der Waals surface area contributed by atoms with Crippen LogP contribution in [0.5, 0.6) is 0 Å². The van der Waals surface area contributed by atoms with Crippen molar-refractivity contribution in [3.63, 3.8) is 0 Å². The van der Waals surface area contributed by atoms with Gasteiger partial charge in [-0.05, 0) is 25.7 Å². The lowest BCUT2D eigenvalue weighted by molar-refractivity contribution is -0.121. The molecule has 0 aromatic rings. The van der Waals surface area contributed by atoms with Gasteiger partial charge in [-0.15, -0.1) is 11.6 Å². The monoisotopic (exact) mass is 203 g/mol. The van der Waals surface area contributed by atoms with Crippen LogP contribution in [0, 0.1) is 5.92 Å². The van der Waals surface area contributed by atoms with Crippen LogP contribution < -0.4 is 5.32 Å². The summed E-state index contributed by atoms with van der Waals surface area (Å²) < 4.78 is 0. The number of hydrogen-bond acceptors (Lipinski definition) is 1. The molecule has 1 aliphatic rings. The summed E-state index contributed by atoms with van der Waals surface area (Å²) in [6.07, 6.45) is 4.86. The summed E-state index contributed by atoms with van der Waals surface area (Å²) in [5.41, 5.74) is 0. The number of carbonyl (C=O) groups excluding carboxylic acids is 1. The maximum Gasteiger partial charge on any atom is 0.237 e. The predicted molar refractivity (Wildman–Crippen MR) is 54.9 cm³/mol. The molecule has 0 radical (unpaired) electrons. The van der Waals surface area contributed by atoms with Gasteiger partial charge in [0.15, 0.2) is 0 Å². The molecule has 1 aliphatic carbocycles. The van der Waals surface area contributed by atoms with E-state index in [1.165, 1.54) is 19.3 Å². The lowest BCUT2D eigenvalue weighted by Gasteiger charge is -2.29. The van der Waals surface area contributed by atoms with Gasteiger partial charge in [-0.2, -0.15) is 0 Å². The van der Waals surface area contributed by atoms with Crippen LogP contribution in [0.25, 0.3) is 0 Å². The van der Waals surface area contributed by atoms with Gasteiger partial charge in [0.2, 0.25) is 5.91 Å². The van der Waals surface area contributed by atoms with Gasteiger partial charge in [-0.1, -0.05) is 19.8 Å². The lowest BCUT2D eigenvalue weighted by Crippen LogP contribution is -2.43. The number of nitrogens with one attached hydrogen (secondary N) is 1. The minimum absolute atomic E-state index is 0.0274. The highest BCUT2D eigenvalue weighted by Gasteiger charge is 2.23. The average molecular weight is 204 g/mol. The lowest BCUT2D eigenvalue weighted by atomic mass is 9.86. The molecule has 1 rings (SSSR count). The largest absolute Gasteiger partial charge is 0.352 e. The van der Waals surface area contributed by atoms with Crippen molar-refractivity contribution < 1.29 is 4.79 Å². The van der Waals surface area contributed by atoms with Crippen LogP contribution in [0.1, 0.15) is 39.5 Å². The number of halogens is 1. The molecule has 0 aliphatic heterocycles. The van der Waals surface area contributed by atoms with Crippen molar-refractivity contribution in [2.45, 2.75) is 50.9 Å². The van der Waals surface area contributed by atoms with E-state index in [0.717, 1.165) is 6.42 Å². The molecule has 1 N–H and O–H groups in total. The van der Waals surface area contributed by atoms with Gasteiger partial charge in [0.25, 0.3) is 0 Å². The summed E-state index contributed by atoms with van der Waals surface area (Å²) in [5.74, 6) is 0.577. The first-order valence-electron chi connectivity index (χ1n) is 5.05. The number of amides is 1. The van der Waals surface area contributed by atoms with Gasteiger partial charge in [-0.3, -0.25) is 4.79 Å². The molecule has 0 saturated heterocycles. The molecule has 3 heteroatoms. The standard InChI is InChI=1S/C10H18ClNO/c1-7-5-3-4-6-9(7)12-10(13)8(2)11/h7-9H,3-6H2,1-2H3,(H,12,13)/t7-,8-,9+/m0/s1. The Bertz CT molecular complexity index is 182. The highest BCUT2D eigenvalue weighted by Crippen LogP contribution is 2.23. The maximum atomic E-state index is 11.3. The topological polar surface area (TPSA) is 29.1 Å². The first kappa shape index (κ1) is 10.8. The number of hydrogen-bond donors (Lipinski definition) is 1. The molecule has 2 nitrogen and oxygen atoms in total. The third kappa shape index (κ3) is 3.18. The van der Waals surface area contributed by atoms with Gasteiger partial charge in [-0.25, -0.2) is 0 Å². The van der Waals surface area contributed by atoms with Crippen LogP contribution >= 0.6 is 11.6 Å². The molecule has 13 heavy (non-hydrogen) atoms. The highest BCUT2D eigenvalue weighted by molar-refractivity contribution is 6.30. The minimum atomic E-state index is -0.408. The average Bonchev–Trinajstić information content (AvgIpc) is 2.08. The van der Waals surface area contributed by atoms with Crippen LogP contribution in [0.2, 0.25) is 0 Å². The predicted octanol–water partition coefficient (Wildman–Crippen LogP) is 2.31. The van der Waals surface area contributed by atoms with Gasteiger partial charge in [0.1, 0.15) is 5.38 Å². The first-order valence-corrected chi connectivity index (χ1v) is 5.49. The summed E-state index contributed by atoms with van der Waals surface area (Å²) in [4.78, 5) is 11.3. The van der Waals surface area contributed by atoms with E-state index in [9.17, 15) is 4.79 Å². The molecule has 1 fully saturated rings. The zero-order valence-corrected chi connectivity index (χ0v) is 9.10. The second kappa shape index (κ2) is 4.85. The number of alkyl halides is 1. The van der Waals surface area contributed by atoms with Crippen molar-refractivity contribution in [1.82, 2.24) is 5.32 Å². The summed E-state index contributed by atoms with van der Waals surface area (Å²) in [6.45, 7) is 3.91.